The summed E-state index contributed by atoms with van der Waals surface area (Å²) < 4.78 is 4.98. The van der Waals surface area contributed by atoms with Gasteiger partial charge in [0.25, 0.3) is 5.91 Å². The summed E-state index contributed by atoms with van der Waals surface area (Å²) in [5, 5.41) is 12.5. The van der Waals surface area contributed by atoms with Gasteiger partial charge in [-0.1, -0.05) is 41.9 Å². The van der Waals surface area contributed by atoms with Crippen LogP contribution in [-0.4, -0.2) is 35.0 Å². The molecule has 0 aromatic rings. The molecule has 2 atom stereocenters. The van der Waals surface area contributed by atoms with Crippen molar-refractivity contribution in [1.82, 2.24) is 5.32 Å². The molecule has 7 heteroatoms. The maximum atomic E-state index is 11.8. The molecule has 0 saturated carbocycles. The van der Waals surface area contributed by atoms with Gasteiger partial charge in [-0.2, -0.15) is 5.26 Å². The van der Waals surface area contributed by atoms with Crippen LogP contribution < -0.4 is 5.32 Å². The molecule has 1 saturated heterocycles. The van der Waals surface area contributed by atoms with Crippen LogP contribution in [0.2, 0.25) is 0 Å². The topological polar surface area (TPSA) is 79.2 Å². The minimum Gasteiger partial charge on any atom is -0.456 e. The van der Waals surface area contributed by atoms with Crippen molar-refractivity contribution in [3.63, 3.8) is 0 Å². The van der Waals surface area contributed by atoms with Crippen LogP contribution in [0.25, 0.3) is 0 Å². The van der Waals surface area contributed by atoms with Crippen molar-refractivity contribution in [3.05, 3.63) is 0 Å². The third-order valence-corrected chi connectivity index (χ3v) is 7.04. The number of esters is 1. The lowest BCUT2D eigenvalue weighted by Crippen LogP contribution is -2.50. The largest absolute Gasteiger partial charge is 0.456 e. The van der Waals surface area contributed by atoms with E-state index in [0.29, 0.717) is 6.42 Å². The molecular formula is C16H26N2O3S2. The monoisotopic (exact) mass is 358 g/mol. The highest BCUT2D eigenvalue weighted by Crippen LogP contribution is 2.39. The van der Waals surface area contributed by atoms with Crippen LogP contribution in [0.5, 0.6) is 0 Å². The number of nitriles is 1. The number of hydrogen-bond acceptors (Lipinski definition) is 6. The molecular weight excluding hydrogens is 332 g/mol. The van der Waals surface area contributed by atoms with Crippen molar-refractivity contribution >= 4 is 33.5 Å². The van der Waals surface area contributed by atoms with E-state index in [2.05, 4.69) is 11.4 Å². The Bertz CT molecular complexity index is 445. The summed E-state index contributed by atoms with van der Waals surface area (Å²) in [7, 11) is 3.87. The highest BCUT2D eigenvalue weighted by molar-refractivity contribution is 8.77. The molecule has 0 spiro atoms. The van der Waals surface area contributed by atoms with Crippen molar-refractivity contribution in [2.24, 2.45) is 5.92 Å². The van der Waals surface area contributed by atoms with E-state index in [1.165, 1.54) is 12.2 Å². The van der Waals surface area contributed by atoms with Gasteiger partial charge in [-0.15, -0.1) is 0 Å². The number of nitrogens with one attached hydrogen (secondary N) is 1. The molecule has 1 amide bonds. The van der Waals surface area contributed by atoms with E-state index in [1.54, 1.807) is 6.92 Å². The molecule has 1 aliphatic heterocycles. The fourth-order valence-corrected chi connectivity index (χ4v) is 5.08. The smallest absolute Gasteiger partial charge is 0.306 e. The van der Waals surface area contributed by atoms with Gasteiger partial charge in [0.2, 0.25) is 0 Å². The van der Waals surface area contributed by atoms with Crippen LogP contribution in [0.15, 0.2) is 0 Å². The third kappa shape index (κ3) is 7.49. The first kappa shape index (κ1) is 20.2. The zero-order valence-electron chi connectivity index (χ0n) is 14.1. The Morgan fingerprint density at radius 3 is 2.74 bits per heavy atom. The Morgan fingerprint density at radius 1 is 1.43 bits per heavy atom. The van der Waals surface area contributed by atoms with Crippen molar-refractivity contribution in [2.45, 2.75) is 63.7 Å². The van der Waals surface area contributed by atoms with E-state index < -0.39 is 11.4 Å². The van der Waals surface area contributed by atoms with E-state index >= 15 is 0 Å². The van der Waals surface area contributed by atoms with E-state index in [0.717, 1.165) is 24.5 Å². The van der Waals surface area contributed by atoms with Gasteiger partial charge in [0.05, 0.1) is 6.07 Å². The van der Waals surface area contributed by atoms with Crippen LogP contribution in [0.4, 0.5) is 0 Å². The first-order valence-corrected chi connectivity index (χ1v) is 10.4. The lowest BCUT2D eigenvalue weighted by Gasteiger charge is -2.27. The summed E-state index contributed by atoms with van der Waals surface area (Å²) in [4.78, 5) is 23.4. The summed E-state index contributed by atoms with van der Waals surface area (Å²) in [6.45, 7) is 5.06. The Hall–Kier alpha value is -0.870. The SMILES string of the molecule is CC(C)[C@@](C)(C#N)NC(=O)COC(=O)CCCC[C@@H]1CCSS1. The van der Waals surface area contributed by atoms with Crippen molar-refractivity contribution in [1.29, 1.82) is 5.26 Å². The lowest BCUT2D eigenvalue weighted by molar-refractivity contribution is -0.149. The average Bonchev–Trinajstić information content (AvgIpc) is 3.02. The number of nitrogens with zero attached hydrogens (tertiary/aromatic N) is 1. The van der Waals surface area contributed by atoms with Gasteiger partial charge in [-0.05, 0) is 32.1 Å². The minimum atomic E-state index is -0.944. The molecule has 0 aromatic heterocycles. The zero-order chi connectivity index (χ0) is 17.3. The number of unbranched alkanes of at least 4 members (excludes halogenated alkanes) is 1. The molecule has 0 radical (unpaired) electrons. The highest BCUT2D eigenvalue weighted by atomic mass is 33.1. The van der Waals surface area contributed by atoms with Crippen LogP contribution in [0.3, 0.4) is 0 Å². The van der Waals surface area contributed by atoms with E-state index in [9.17, 15) is 9.59 Å². The summed E-state index contributed by atoms with van der Waals surface area (Å²) in [5.74, 6) is 0.413. The molecule has 0 aromatic carbocycles. The van der Waals surface area contributed by atoms with Gasteiger partial charge in [0.15, 0.2) is 6.61 Å². The second-order valence-corrected chi connectivity index (χ2v) is 9.04. The Labute approximate surface area is 146 Å². The van der Waals surface area contributed by atoms with Crippen LogP contribution in [0.1, 0.15) is 52.9 Å². The third-order valence-electron chi connectivity index (χ3n) is 4.03. The van der Waals surface area contributed by atoms with Crippen molar-refractivity contribution in [3.8, 4) is 6.07 Å². The number of carbonyl (C=O) groups is 2. The van der Waals surface area contributed by atoms with Crippen LogP contribution in [-0.2, 0) is 14.3 Å². The molecule has 1 heterocycles. The van der Waals surface area contributed by atoms with Gasteiger partial charge in [0, 0.05) is 17.4 Å². The Kier molecular flexibility index (Phi) is 8.85. The van der Waals surface area contributed by atoms with E-state index in [-0.39, 0.29) is 18.5 Å². The van der Waals surface area contributed by atoms with Gasteiger partial charge in [-0.3, -0.25) is 9.59 Å². The molecule has 23 heavy (non-hydrogen) atoms. The Morgan fingerprint density at radius 2 is 2.17 bits per heavy atom. The number of carbonyl (C=O) groups excluding carboxylic acids is 2. The predicted octanol–water partition coefficient (Wildman–Crippen LogP) is 3.30. The molecule has 5 nitrogen and oxygen atoms in total. The number of amides is 1. The van der Waals surface area contributed by atoms with Gasteiger partial charge < -0.3 is 10.1 Å². The molecule has 1 N–H and O–H groups in total. The number of rotatable bonds is 9. The summed E-state index contributed by atoms with van der Waals surface area (Å²) in [6, 6.07) is 2.09. The number of ether oxygens (including phenoxy) is 1. The van der Waals surface area contributed by atoms with E-state index in [4.69, 9.17) is 10.00 Å². The molecule has 1 fully saturated rings. The first-order valence-electron chi connectivity index (χ1n) is 8.03. The van der Waals surface area contributed by atoms with Crippen molar-refractivity contribution in [2.75, 3.05) is 12.4 Å². The molecule has 1 rings (SSSR count). The van der Waals surface area contributed by atoms with Crippen molar-refractivity contribution < 1.29 is 14.3 Å². The molecule has 0 bridgehead atoms. The summed E-state index contributed by atoms with van der Waals surface area (Å²) in [6.07, 6.45) is 4.55. The van der Waals surface area contributed by atoms with Gasteiger partial charge in [-0.25, -0.2) is 0 Å². The van der Waals surface area contributed by atoms with Gasteiger partial charge in [0.1, 0.15) is 5.54 Å². The molecule has 0 unspecified atom stereocenters. The maximum Gasteiger partial charge on any atom is 0.306 e. The molecule has 130 valence electrons. The normalized spacial score (nSPS) is 19.9. The van der Waals surface area contributed by atoms with Crippen LogP contribution >= 0.6 is 21.6 Å². The van der Waals surface area contributed by atoms with Crippen LogP contribution in [0, 0.1) is 17.2 Å². The first-order chi connectivity index (χ1) is 10.9. The second-order valence-electron chi connectivity index (χ2n) is 6.25. The minimum absolute atomic E-state index is 0.0289. The number of hydrogen-bond donors (Lipinski definition) is 1. The average molecular weight is 359 g/mol. The highest BCUT2D eigenvalue weighted by Gasteiger charge is 2.30. The fraction of sp³-hybridized carbons (Fsp3) is 0.812. The molecule has 1 aliphatic rings. The van der Waals surface area contributed by atoms with E-state index in [1.807, 2.05) is 35.4 Å². The maximum absolute atomic E-state index is 11.8. The summed E-state index contributed by atoms with van der Waals surface area (Å²) in [5.41, 5.74) is -0.944. The predicted molar refractivity (Wildman–Crippen MR) is 94.9 cm³/mol. The fourth-order valence-electron chi connectivity index (χ4n) is 2.05. The second kappa shape index (κ2) is 10.1. The standard InChI is InChI=1S/C16H26N2O3S2/c1-12(2)16(3,11-17)18-14(19)10-21-15(20)7-5-4-6-13-8-9-22-23-13/h12-13H,4-10H2,1-3H3,(H,18,19)/t13-,16-/m1/s1. The summed E-state index contributed by atoms with van der Waals surface area (Å²) >= 11 is 0. The zero-order valence-corrected chi connectivity index (χ0v) is 15.7. The lowest BCUT2D eigenvalue weighted by atomic mass is 9.90. The molecule has 0 aliphatic carbocycles. The van der Waals surface area contributed by atoms with Gasteiger partial charge >= 0.3 is 5.97 Å². The quantitative estimate of drug-likeness (QED) is 0.387. The Balaban J connectivity index is 2.14.